The molecule has 1 aromatic carbocycles. The summed E-state index contributed by atoms with van der Waals surface area (Å²) in [6.45, 7) is 8.55. The van der Waals surface area contributed by atoms with E-state index in [4.69, 9.17) is 4.74 Å². The molecule has 0 bridgehead atoms. The van der Waals surface area contributed by atoms with Crippen molar-refractivity contribution in [3.05, 3.63) is 23.8 Å². The summed E-state index contributed by atoms with van der Waals surface area (Å²) in [6, 6.07) is 5.97. The van der Waals surface area contributed by atoms with E-state index >= 15 is 0 Å². The van der Waals surface area contributed by atoms with Crippen LogP contribution in [0.4, 0.5) is 16.2 Å². The van der Waals surface area contributed by atoms with Gasteiger partial charge in [0, 0.05) is 13.1 Å². The lowest BCUT2D eigenvalue weighted by atomic mass is 9.84. The predicted octanol–water partition coefficient (Wildman–Crippen LogP) is 3.13. The maximum atomic E-state index is 12.6. The molecular formula is C18H25N3O3. The Bertz CT molecular complexity index is 671. The molecule has 2 amide bonds. The lowest BCUT2D eigenvalue weighted by Gasteiger charge is -2.44. The minimum atomic E-state index is -0.652. The Balaban J connectivity index is 1.70. The molecule has 0 aliphatic carbocycles. The first-order chi connectivity index (χ1) is 11.2. The Kier molecular flexibility index (Phi) is 3.94. The third kappa shape index (κ3) is 3.18. The number of hydrogen-bond donors (Lipinski definition) is 2. The number of hydrogen-bond acceptors (Lipinski definition) is 4. The van der Waals surface area contributed by atoms with Gasteiger partial charge in [-0.1, -0.05) is 6.07 Å². The second-order valence-corrected chi connectivity index (χ2v) is 7.68. The number of rotatable bonds is 0. The fourth-order valence-electron chi connectivity index (χ4n) is 3.18. The van der Waals surface area contributed by atoms with Crippen molar-refractivity contribution in [3.63, 3.8) is 0 Å². The summed E-state index contributed by atoms with van der Waals surface area (Å²) in [6.07, 6.45) is 0.807. The number of ether oxygens (including phenoxy) is 1. The SMILES string of the molecule is Cc1ccc2c(c1)NC(=O)C1(CCN(C(=O)OC(C)(C)C)CC1)N2. The van der Waals surface area contributed by atoms with Gasteiger partial charge in [-0.05, 0) is 58.2 Å². The van der Waals surface area contributed by atoms with Gasteiger partial charge >= 0.3 is 6.09 Å². The van der Waals surface area contributed by atoms with E-state index in [1.54, 1.807) is 4.90 Å². The Labute approximate surface area is 142 Å². The number of nitrogens with one attached hydrogen (secondary N) is 2. The highest BCUT2D eigenvalue weighted by molar-refractivity contribution is 6.06. The van der Waals surface area contributed by atoms with Gasteiger partial charge in [0.25, 0.3) is 0 Å². The highest BCUT2D eigenvalue weighted by Crippen LogP contribution is 2.37. The lowest BCUT2D eigenvalue weighted by molar-refractivity contribution is -0.122. The van der Waals surface area contributed by atoms with Crippen LogP contribution in [0.25, 0.3) is 0 Å². The molecule has 1 fully saturated rings. The number of nitrogens with zero attached hydrogens (tertiary/aromatic N) is 1. The molecule has 0 atom stereocenters. The summed E-state index contributed by atoms with van der Waals surface area (Å²) in [5.74, 6) is -0.0237. The molecule has 6 heteroatoms. The zero-order valence-corrected chi connectivity index (χ0v) is 14.7. The molecule has 1 aromatic rings. The van der Waals surface area contributed by atoms with Crippen LogP contribution >= 0.6 is 0 Å². The highest BCUT2D eigenvalue weighted by Gasteiger charge is 2.45. The Hall–Kier alpha value is -2.24. The number of aryl methyl sites for hydroxylation is 1. The van der Waals surface area contributed by atoms with Crippen LogP contribution in [0.2, 0.25) is 0 Å². The Morgan fingerprint density at radius 3 is 2.50 bits per heavy atom. The average Bonchev–Trinajstić information content (AvgIpc) is 2.48. The Morgan fingerprint density at radius 2 is 1.88 bits per heavy atom. The van der Waals surface area contributed by atoms with Gasteiger partial charge in [0.05, 0.1) is 11.4 Å². The maximum absolute atomic E-state index is 12.6. The van der Waals surface area contributed by atoms with Crippen LogP contribution in [0.15, 0.2) is 18.2 Å². The van der Waals surface area contributed by atoms with Gasteiger partial charge in [-0.25, -0.2) is 4.79 Å². The largest absolute Gasteiger partial charge is 0.444 e. The summed E-state index contributed by atoms with van der Waals surface area (Å²) in [5, 5.41) is 6.41. The molecule has 2 aliphatic heterocycles. The highest BCUT2D eigenvalue weighted by atomic mass is 16.6. The summed E-state index contributed by atoms with van der Waals surface area (Å²) < 4.78 is 5.42. The predicted molar refractivity (Wildman–Crippen MR) is 93.2 cm³/mol. The smallest absolute Gasteiger partial charge is 0.410 e. The van der Waals surface area contributed by atoms with Crippen LogP contribution in [0, 0.1) is 6.92 Å². The van der Waals surface area contributed by atoms with Crippen molar-refractivity contribution in [2.75, 3.05) is 23.7 Å². The molecular weight excluding hydrogens is 306 g/mol. The quantitative estimate of drug-likeness (QED) is 0.766. The zero-order valence-electron chi connectivity index (χ0n) is 14.7. The topological polar surface area (TPSA) is 70.7 Å². The van der Waals surface area contributed by atoms with Crippen LogP contribution in [-0.4, -0.2) is 41.1 Å². The van der Waals surface area contributed by atoms with Crippen LogP contribution in [-0.2, 0) is 9.53 Å². The van der Waals surface area contributed by atoms with Gasteiger partial charge in [0.2, 0.25) is 5.91 Å². The molecule has 1 saturated heterocycles. The molecule has 130 valence electrons. The van der Waals surface area contributed by atoms with Gasteiger partial charge in [-0.2, -0.15) is 0 Å². The molecule has 0 aromatic heterocycles. The van der Waals surface area contributed by atoms with Gasteiger partial charge < -0.3 is 20.3 Å². The van der Waals surface area contributed by atoms with Crippen LogP contribution in [0.3, 0.4) is 0 Å². The summed E-state index contributed by atoms with van der Waals surface area (Å²) in [7, 11) is 0. The fraction of sp³-hybridized carbons (Fsp3) is 0.556. The van der Waals surface area contributed by atoms with Crippen molar-refractivity contribution < 1.29 is 14.3 Å². The minimum Gasteiger partial charge on any atom is -0.444 e. The maximum Gasteiger partial charge on any atom is 0.410 e. The van der Waals surface area contributed by atoms with E-state index in [9.17, 15) is 9.59 Å². The summed E-state index contributed by atoms with van der Waals surface area (Å²) in [5.41, 5.74) is 1.70. The monoisotopic (exact) mass is 331 g/mol. The Morgan fingerprint density at radius 1 is 1.21 bits per heavy atom. The molecule has 3 rings (SSSR count). The van der Waals surface area contributed by atoms with E-state index in [0.29, 0.717) is 25.9 Å². The van der Waals surface area contributed by atoms with E-state index in [1.165, 1.54) is 0 Å². The second kappa shape index (κ2) is 5.69. The number of carbonyl (C=O) groups is 2. The molecule has 1 spiro atoms. The summed E-state index contributed by atoms with van der Waals surface area (Å²) in [4.78, 5) is 26.5. The molecule has 24 heavy (non-hydrogen) atoms. The van der Waals surface area contributed by atoms with Gasteiger partial charge in [-0.15, -0.1) is 0 Å². The van der Waals surface area contributed by atoms with E-state index in [2.05, 4.69) is 10.6 Å². The van der Waals surface area contributed by atoms with Gasteiger partial charge in [0.15, 0.2) is 0 Å². The van der Waals surface area contributed by atoms with Crippen molar-refractivity contribution in [3.8, 4) is 0 Å². The van der Waals surface area contributed by atoms with Crippen molar-refractivity contribution in [2.45, 2.75) is 51.7 Å². The van der Waals surface area contributed by atoms with Crippen LogP contribution in [0.5, 0.6) is 0 Å². The first-order valence-corrected chi connectivity index (χ1v) is 8.37. The summed E-state index contributed by atoms with van der Waals surface area (Å²) >= 11 is 0. The first-order valence-electron chi connectivity index (χ1n) is 8.37. The third-order valence-corrected chi connectivity index (χ3v) is 4.50. The van der Waals surface area contributed by atoms with Crippen molar-refractivity contribution in [2.24, 2.45) is 0 Å². The zero-order chi connectivity index (χ0) is 17.5. The van der Waals surface area contributed by atoms with Crippen molar-refractivity contribution in [1.82, 2.24) is 4.90 Å². The molecule has 0 unspecified atom stereocenters. The second-order valence-electron chi connectivity index (χ2n) is 7.68. The van der Waals surface area contributed by atoms with E-state index < -0.39 is 11.1 Å². The number of carbonyl (C=O) groups excluding carboxylic acids is 2. The standard InChI is InChI=1S/C18H25N3O3/c1-12-5-6-13-14(11-12)19-15(22)18(20-13)7-9-21(10-8-18)16(23)24-17(2,3)4/h5-6,11,20H,7-10H2,1-4H3,(H,19,22). The van der Waals surface area contributed by atoms with Crippen molar-refractivity contribution in [1.29, 1.82) is 0 Å². The van der Waals surface area contributed by atoms with E-state index in [-0.39, 0.29) is 12.0 Å². The van der Waals surface area contributed by atoms with E-state index in [1.807, 2.05) is 45.9 Å². The molecule has 2 heterocycles. The normalized spacial score (nSPS) is 19.3. The van der Waals surface area contributed by atoms with Crippen LogP contribution in [0.1, 0.15) is 39.2 Å². The van der Waals surface area contributed by atoms with Gasteiger partial charge in [0.1, 0.15) is 11.1 Å². The third-order valence-electron chi connectivity index (χ3n) is 4.50. The number of fused-ring (bicyclic) bond motifs is 1. The van der Waals surface area contributed by atoms with Crippen molar-refractivity contribution >= 4 is 23.4 Å². The number of benzene rings is 1. The number of anilines is 2. The van der Waals surface area contributed by atoms with Gasteiger partial charge in [-0.3, -0.25) is 4.79 Å². The average molecular weight is 331 g/mol. The number of piperidine rings is 1. The number of likely N-dealkylation sites (tertiary alicyclic amines) is 1. The molecule has 6 nitrogen and oxygen atoms in total. The first kappa shape index (κ1) is 16.6. The molecule has 0 radical (unpaired) electrons. The van der Waals surface area contributed by atoms with E-state index in [0.717, 1.165) is 16.9 Å². The molecule has 0 saturated carbocycles. The number of amides is 2. The lowest BCUT2D eigenvalue weighted by Crippen LogP contribution is -2.59. The van der Waals surface area contributed by atoms with Crippen LogP contribution < -0.4 is 10.6 Å². The fourth-order valence-corrected chi connectivity index (χ4v) is 3.18. The minimum absolute atomic E-state index is 0.0237. The molecule has 2 N–H and O–H groups in total. The molecule has 2 aliphatic rings.